The molecule has 2 aromatic heterocycles. The van der Waals surface area contributed by atoms with Crippen molar-refractivity contribution in [2.75, 3.05) is 11.1 Å². The highest BCUT2D eigenvalue weighted by Crippen LogP contribution is 2.33. The van der Waals surface area contributed by atoms with Gasteiger partial charge in [-0.25, -0.2) is 0 Å². The monoisotopic (exact) mass is 445 g/mol. The van der Waals surface area contributed by atoms with Gasteiger partial charge in [-0.3, -0.25) is 9.20 Å². The summed E-state index contributed by atoms with van der Waals surface area (Å²) in [6, 6.07) is 7.05. The number of amides is 1. The Morgan fingerprint density at radius 1 is 1.25 bits per heavy atom. The molecule has 0 bridgehead atoms. The fraction of sp³-hybridized carbons (Fsp3) is 0.125. The molecule has 0 aliphatic rings. The number of alkyl halides is 3. The van der Waals surface area contributed by atoms with Gasteiger partial charge in [0.1, 0.15) is 6.07 Å². The van der Waals surface area contributed by atoms with E-state index in [1.807, 2.05) is 6.07 Å². The van der Waals surface area contributed by atoms with Crippen LogP contribution in [0.25, 0.3) is 5.65 Å². The Labute approximate surface area is 170 Å². The molecule has 0 atom stereocenters. The van der Waals surface area contributed by atoms with Crippen molar-refractivity contribution in [2.24, 2.45) is 0 Å². The molecule has 0 fully saturated rings. The van der Waals surface area contributed by atoms with Crippen molar-refractivity contribution >= 4 is 52.2 Å². The Morgan fingerprint density at radius 3 is 2.64 bits per heavy atom. The number of fused-ring (bicyclic) bond motifs is 1. The summed E-state index contributed by atoms with van der Waals surface area (Å²) >= 11 is 12.6. The molecular weight excluding hydrogens is 438 g/mol. The van der Waals surface area contributed by atoms with Crippen LogP contribution in [0.2, 0.25) is 10.0 Å². The molecular formula is C16H8Cl2F3N5OS. The molecule has 12 heteroatoms. The van der Waals surface area contributed by atoms with Gasteiger partial charge in [0.2, 0.25) is 5.91 Å². The zero-order valence-electron chi connectivity index (χ0n) is 13.6. The van der Waals surface area contributed by atoms with Gasteiger partial charge < -0.3 is 5.32 Å². The maximum Gasteiger partial charge on any atom is 0.417 e. The van der Waals surface area contributed by atoms with Gasteiger partial charge in [-0.2, -0.15) is 18.4 Å². The Morgan fingerprint density at radius 2 is 2.00 bits per heavy atom. The average molecular weight is 446 g/mol. The van der Waals surface area contributed by atoms with Gasteiger partial charge in [0.05, 0.1) is 26.9 Å². The smallest absolute Gasteiger partial charge is 0.325 e. The number of aromatic nitrogens is 3. The fourth-order valence-corrected chi connectivity index (χ4v) is 3.38. The molecule has 1 aromatic carbocycles. The largest absolute Gasteiger partial charge is 0.417 e. The maximum absolute atomic E-state index is 13.0. The third kappa shape index (κ3) is 4.32. The quantitative estimate of drug-likeness (QED) is 0.590. The predicted molar refractivity (Wildman–Crippen MR) is 98.5 cm³/mol. The van der Waals surface area contributed by atoms with Crippen LogP contribution in [-0.4, -0.2) is 26.3 Å². The molecule has 0 aliphatic carbocycles. The first-order valence-electron chi connectivity index (χ1n) is 7.43. The number of nitrogens with one attached hydrogen (secondary N) is 1. The van der Waals surface area contributed by atoms with Crippen LogP contribution in [0.5, 0.6) is 0 Å². The van der Waals surface area contributed by atoms with Gasteiger partial charge in [0.15, 0.2) is 10.8 Å². The second-order valence-corrected chi connectivity index (χ2v) is 7.15. The number of rotatable bonds is 4. The first-order valence-corrected chi connectivity index (χ1v) is 9.17. The van der Waals surface area contributed by atoms with Crippen LogP contribution in [-0.2, 0) is 11.0 Å². The van der Waals surface area contributed by atoms with E-state index in [0.29, 0.717) is 5.69 Å². The molecule has 0 radical (unpaired) electrons. The number of anilines is 1. The van der Waals surface area contributed by atoms with Crippen LogP contribution in [0.3, 0.4) is 0 Å². The first kappa shape index (κ1) is 20.3. The summed E-state index contributed by atoms with van der Waals surface area (Å²) in [5, 5.41) is 19.0. The minimum Gasteiger partial charge on any atom is -0.325 e. The highest BCUT2D eigenvalue weighted by molar-refractivity contribution is 7.99. The van der Waals surface area contributed by atoms with E-state index < -0.39 is 17.6 Å². The summed E-state index contributed by atoms with van der Waals surface area (Å²) in [5.41, 5.74) is -0.260. The highest BCUT2D eigenvalue weighted by atomic mass is 35.5. The lowest BCUT2D eigenvalue weighted by atomic mass is 10.2. The van der Waals surface area contributed by atoms with Crippen LogP contribution in [0.15, 0.2) is 35.6 Å². The molecule has 0 unspecified atom stereocenters. The number of nitrogens with zero attached hydrogens (tertiary/aromatic N) is 4. The number of carbonyl (C=O) groups excluding carboxylic acids is 1. The van der Waals surface area contributed by atoms with Crippen molar-refractivity contribution in [3.63, 3.8) is 0 Å². The van der Waals surface area contributed by atoms with E-state index in [4.69, 9.17) is 28.5 Å². The molecule has 0 spiro atoms. The van der Waals surface area contributed by atoms with Gasteiger partial charge in [-0.15, -0.1) is 10.2 Å². The van der Waals surface area contributed by atoms with Crippen molar-refractivity contribution < 1.29 is 18.0 Å². The second-order valence-electron chi connectivity index (χ2n) is 5.39. The van der Waals surface area contributed by atoms with Crippen LogP contribution in [0.1, 0.15) is 11.1 Å². The molecule has 2 heterocycles. The maximum atomic E-state index is 13.0. The van der Waals surface area contributed by atoms with Gasteiger partial charge in [0.25, 0.3) is 0 Å². The van der Waals surface area contributed by atoms with Gasteiger partial charge in [-0.05, 0) is 24.3 Å². The first-order chi connectivity index (χ1) is 13.2. The van der Waals surface area contributed by atoms with Crippen LogP contribution in [0, 0.1) is 11.3 Å². The lowest BCUT2D eigenvalue weighted by Gasteiger charge is -2.09. The number of nitriles is 1. The Bertz CT molecular complexity index is 1110. The zero-order chi connectivity index (χ0) is 20.5. The molecule has 0 saturated heterocycles. The summed E-state index contributed by atoms with van der Waals surface area (Å²) in [6.45, 7) is 0. The Balaban J connectivity index is 1.74. The summed E-state index contributed by atoms with van der Waals surface area (Å²) in [6.07, 6.45) is -3.77. The number of halogens is 5. The van der Waals surface area contributed by atoms with E-state index in [2.05, 4.69) is 15.5 Å². The minimum atomic E-state index is -4.59. The van der Waals surface area contributed by atoms with E-state index in [1.165, 1.54) is 18.2 Å². The van der Waals surface area contributed by atoms with Gasteiger partial charge in [-0.1, -0.05) is 35.0 Å². The van der Waals surface area contributed by atoms with Crippen molar-refractivity contribution in [1.29, 1.82) is 5.26 Å². The number of carbonyl (C=O) groups is 1. The van der Waals surface area contributed by atoms with E-state index in [1.54, 1.807) is 0 Å². The van der Waals surface area contributed by atoms with E-state index in [9.17, 15) is 18.0 Å². The predicted octanol–water partition coefficient (Wildman–Crippen LogP) is 4.66. The SMILES string of the molecule is N#Cc1ccc(NC(=O)CSc2nnc3c(Cl)cc(C(F)(F)F)cn23)cc1Cl. The minimum absolute atomic E-state index is 0.0523. The van der Waals surface area contributed by atoms with E-state index in [0.717, 1.165) is 28.4 Å². The number of hydrogen-bond donors (Lipinski definition) is 1. The van der Waals surface area contributed by atoms with Gasteiger partial charge in [0, 0.05) is 11.9 Å². The van der Waals surface area contributed by atoms with Crippen molar-refractivity contribution in [3.05, 3.63) is 51.6 Å². The summed E-state index contributed by atoms with van der Waals surface area (Å²) in [7, 11) is 0. The van der Waals surface area contributed by atoms with Gasteiger partial charge >= 0.3 is 6.18 Å². The van der Waals surface area contributed by atoms with Crippen LogP contribution >= 0.6 is 35.0 Å². The standard InChI is InChI=1S/C16H8Cl2F3N5OS/c17-11-4-10(2-1-8(11)5-22)23-13(27)7-28-15-25-24-14-12(18)3-9(6-26(14)15)16(19,20)21/h1-4,6H,7H2,(H,23,27). The summed E-state index contributed by atoms with van der Waals surface area (Å²) < 4.78 is 40.0. The summed E-state index contributed by atoms with van der Waals surface area (Å²) in [5.74, 6) is -0.590. The average Bonchev–Trinajstić information content (AvgIpc) is 3.03. The molecule has 6 nitrogen and oxygen atoms in total. The molecule has 28 heavy (non-hydrogen) atoms. The number of benzene rings is 1. The molecule has 0 aliphatic heterocycles. The third-order valence-corrected chi connectivity index (χ3v) is 5.00. The van der Waals surface area contributed by atoms with Crippen molar-refractivity contribution in [1.82, 2.24) is 14.6 Å². The Kier molecular flexibility index (Phi) is 5.69. The molecule has 144 valence electrons. The normalized spacial score (nSPS) is 11.4. The Hall–Kier alpha value is -2.48. The van der Waals surface area contributed by atoms with E-state index >= 15 is 0 Å². The van der Waals surface area contributed by atoms with Crippen molar-refractivity contribution in [3.8, 4) is 6.07 Å². The lowest BCUT2D eigenvalue weighted by Crippen LogP contribution is -2.14. The number of pyridine rings is 1. The fourth-order valence-electron chi connectivity index (χ4n) is 2.20. The molecule has 1 N–H and O–H groups in total. The van der Waals surface area contributed by atoms with Crippen molar-refractivity contribution in [2.45, 2.75) is 11.3 Å². The second kappa shape index (κ2) is 7.87. The number of thioether (sulfide) groups is 1. The van der Waals surface area contributed by atoms with Crippen LogP contribution < -0.4 is 5.32 Å². The lowest BCUT2D eigenvalue weighted by molar-refractivity contribution is -0.137. The topological polar surface area (TPSA) is 83.1 Å². The highest BCUT2D eigenvalue weighted by Gasteiger charge is 2.32. The van der Waals surface area contributed by atoms with E-state index in [-0.39, 0.29) is 32.2 Å². The molecule has 3 aromatic rings. The zero-order valence-corrected chi connectivity index (χ0v) is 15.9. The molecule has 1 amide bonds. The third-order valence-electron chi connectivity index (χ3n) is 3.46. The van der Waals surface area contributed by atoms with Crippen LogP contribution in [0.4, 0.5) is 18.9 Å². The molecule has 0 saturated carbocycles. The number of hydrogen-bond acceptors (Lipinski definition) is 5. The summed E-state index contributed by atoms with van der Waals surface area (Å²) in [4.78, 5) is 12.1. The molecule has 3 rings (SSSR count).